The van der Waals surface area contributed by atoms with Crippen molar-refractivity contribution in [2.75, 3.05) is 0 Å². The molecule has 0 bridgehead atoms. The first-order valence-electron chi connectivity index (χ1n) is 9.97. The topological polar surface area (TPSA) is 20.5 Å². The van der Waals surface area contributed by atoms with Crippen LogP contribution in [0.4, 0.5) is 0 Å². The second-order valence-corrected chi connectivity index (χ2v) is 7.89. The zero-order chi connectivity index (χ0) is 20.1. The third kappa shape index (κ3) is 2.63. The largest absolute Gasteiger partial charge is 0.309 e. The summed E-state index contributed by atoms with van der Waals surface area (Å²) in [7, 11) is 0. The van der Waals surface area contributed by atoms with E-state index in [9.17, 15) is 0 Å². The maximum absolute atomic E-state index is 6.59. The maximum atomic E-state index is 6.59. The van der Waals surface area contributed by atoms with Crippen molar-refractivity contribution in [3.8, 4) is 5.69 Å². The zero-order valence-corrected chi connectivity index (χ0v) is 16.9. The monoisotopic (exact) mass is 407 g/mol. The van der Waals surface area contributed by atoms with Gasteiger partial charge < -0.3 is 4.57 Å². The van der Waals surface area contributed by atoms with Gasteiger partial charge in [0, 0.05) is 39.7 Å². The van der Waals surface area contributed by atoms with Crippen molar-refractivity contribution in [1.82, 2.24) is 8.99 Å². The summed E-state index contributed by atoms with van der Waals surface area (Å²) in [5.41, 5.74) is 4.59. The van der Waals surface area contributed by atoms with Gasteiger partial charge in [-0.25, -0.2) is 0 Å². The first-order valence-corrected chi connectivity index (χ1v) is 10.3. The molecule has 0 spiro atoms. The quantitative estimate of drug-likeness (QED) is 0.363. The van der Waals surface area contributed by atoms with Crippen molar-refractivity contribution in [1.29, 1.82) is 0 Å². The van der Waals surface area contributed by atoms with E-state index in [1.54, 1.807) is 4.42 Å². The van der Waals surface area contributed by atoms with Gasteiger partial charge in [0.1, 0.15) is 0 Å². The Bertz CT molecular complexity index is 1520. The van der Waals surface area contributed by atoms with Gasteiger partial charge in [-0.2, -0.15) is 0 Å². The van der Waals surface area contributed by atoms with Crippen LogP contribution < -0.4 is 10.6 Å². The molecule has 0 radical (unpaired) electrons. The van der Waals surface area contributed by atoms with E-state index in [0.29, 0.717) is 0 Å². The van der Waals surface area contributed by atoms with Gasteiger partial charge in [0.15, 0.2) is 6.17 Å². The Labute approximate surface area is 178 Å². The van der Waals surface area contributed by atoms with Crippen molar-refractivity contribution in [3.05, 3.63) is 113 Å². The Hall–Kier alpha value is -3.56. The van der Waals surface area contributed by atoms with Crippen LogP contribution in [0.2, 0.25) is 0 Å². The highest BCUT2D eigenvalue weighted by molar-refractivity contribution is 6.16. The molecule has 0 saturated carbocycles. The highest BCUT2D eigenvalue weighted by atomic mass is 35.5. The third-order valence-corrected chi connectivity index (χ3v) is 5.99. The summed E-state index contributed by atoms with van der Waals surface area (Å²) < 4.78 is 3.98. The molecule has 6 rings (SSSR count). The smallest absolute Gasteiger partial charge is 0.161 e. The molecule has 0 amide bonds. The van der Waals surface area contributed by atoms with Crippen molar-refractivity contribution in [2.45, 2.75) is 6.17 Å². The van der Waals surface area contributed by atoms with Crippen LogP contribution in [-0.2, 0) is 0 Å². The Morgan fingerprint density at radius 1 is 0.700 bits per heavy atom. The molecule has 30 heavy (non-hydrogen) atoms. The highest BCUT2D eigenvalue weighted by Crippen LogP contribution is 2.35. The normalized spacial score (nSPS) is 15.6. The number of rotatable bonds is 2. The molecule has 1 aliphatic heterocycles. The molecule has 1 unspecified atom stereocenters. The molecular weight excluding hydrogens is 390 g/mol. The average molecular weight is 408 g/mol. The summed E-state index contributed by atoms with van der Waals surface area (Å²) in [6.45, 7) is 0. The van der Waals surface area contributed by atoms with Gasteiger partial charge in [0.25, 0.3) is 0 Å². The molecule has 4 aromatic carbocycles. The molecule has 2 heterocycles. The van der Waals surface area contributed by atoms with E-state index >= 15 is 0 Å². The Morgan fingerprint density at radius 3 is 2.33 bits per heavy atom. The molecule has 1 aromatic heterocycles. The van der Waals surface area contributed by atoms with E-state index in [1.807, 2.05) is 36.5 Å². The second-order valence-electron chi connectivity index (χ2n) is 7.50. The van der Waals surface area contributed by atoms with Crippen LogP contribution in [0.5, 0.6) is 0 Å². The van der Waals surface area contributed by atoms with Crippen molar-refractivity contribution in [2.24, 2.45) is 4.99 Å². The molecule has 0 aliphatic carbocycles. The Kier molecular flexibility index (Phi) is 3.90. The molecule has 0 saturated heterocycles. The van der Waals surface area contributed by atoms with Gasteiger partial charge >= 0.3 is 0 Å². The second kappa shape index (κ2) is 6.75. The van der Waals surface area contributed by atoms with E-state index in [2.05, 4.69) is 71.3 Å². The van der Waals surface area contributed by atoms with E-state index in [0.717, 1.165) is 21.8 Å². The van der Waals surface area contributed by atoms with E-state index in [4.69, 9.17) is 16.8 Å². The first-order chi connectivity index (χ1) is 14.8. The molecule has 1 aliphatic rings. The van der Waals surface area contributed by atoms with Crippen molar-refractivity contribution >= 4 is 39.8 Å². The van der Waals surface area contributed by atoms with Crippen LogP contribution in [0.15, 0.2) is 102 Å². The molecule has 3 nitrogen and oxygen atoms in total. The van der Waals surface area contributed by atoms with E-state index < -0.39 is 0 Å². The van der Waals surface area contributed by atoms with Gasteiger partial charge in [0.05, 0.1) is 16.4 Å². The number of hydrogen-bond acceptors (Lipinski definition) is 2. The molecule has 0 fully saturated rings. The summed E-state index contributed by atoms with van der Waals surface area (Å²) in [6, 6.07) is 33.6. The minimum absolute atomic E-state index is 0.259. The standard InChI is InChI=1S/C26H18ClN3/c27-29-17-19-8-4-6-12-23(19)28-26(29)18-14-15-25-22(16-18)21-11-5-7-13-24(21)30(25)20-9-2-1-3-10-20/h1-17,26H. The minimum Gasteiger partial charge on any atom is -0.309 e. The lowest BCUT2D eigenvalue weighted by Crippen LogP contribution is -2.34. The lowest BCUT2D eigenvalue weighted by atomic mass is 10.1. The molecule has 144 valence electrons. The van der Waals surface area contributed by atoms with Crippen LogP contribution in [0.3, 0.4) is 0 Å². The summed E-state index contributed by atoms with van der Waals surface area (Å²) in [4.78, 5) is 4.90. The maximum Gasteiger partial charge on any atom is 0.161 e. The lowest BCUT2D eigenvalue weighted by molar-refractivity contribution is 0.472. The average Bonchev–Trinajstić information content (AvgIpc) is 3.13. The number of aromatic nitrogens is 1. The van der Waals surface area contributed by atoms with Gasteiger partial charge in [-0.1, -0.05) is 60.7 Å². The van der Waals surface area contributed by atoms with Crippen LogP contribution in [-0.4, -0.2) is 8.99 Å². The summed E-state index contributed by atoms with van der Waals surface area (Å²) in [5.74, 6) is 0. The molecular formula is C26H18ClN3. The van der Waals surface area contributed by atoms with Crippen LogP contribution in [0.25, 0.3) is 33.7 Å². The number of nitrogens with zero attached hydrogens (tertiary/aromatic N) is 3. The van der Waals surface area contributed by atoms with Crippen LogP contribution in [0.1, 0.15) is 11.7 Å². The highest BCUT2D eigenvalue weighted by Gasteiger charge is 2.20. The van der Waals surface area contributed by atoms with Gasteiger partial charge in [-0.3, -0.25) is 9.41 Å². The van der Waals surface area contributed by atoms with Crippen molar-refractivity contribution < 1.29 is 0 Å². The Morgan fingerprint density at radius 2 is 1.43 bits per heavy atom. The molecule has 0 N–H and O–H groups in total. The number of halogens is 1. The van der Waals surface area contributed by atoms with E-state index in [1.165, 1.54) is 21.8 Å². The van der Waals surface area contributed by atoms with Gasteiger partial charge in [-0.15, -0.1) is 0 Å². The van der Waals surface area contributed by atoms with Gasteiger partial charge in [-0.05, 0) is 42.0 Å². The van der Waals surface area contributed by atoms with Crippen LogP contribution >= 0.6 is 11.8 Å². The molecule has 5 aromatic rings. The number of para-hydroxylation sites is 3. The summed E-state index contributed by atoms with van der Waals surface area (Å²) >= 11 is 6.59. The fraction of sp³-hybridized carbons (Fsp3) is 0.0385. The van der Waals surface area contributed by atoms with Gasteiger partial charge in [0.2, 0.25) is 0 Å². The minimum atomic E-state index is -0.259. The predicted octanol–water partition coefficient (Wildman–Crippen LogP) is 5.31. The number of benzene rings is 4. The Balaban J connectivity index is 1.59. The fourth-order valence-electron chi connectivity index (χ4n) is 4.33. The number of hydrogen-bond donors (Lipinski definition) is 0. The summed E-state index contributed by atoms with van der Waals surface area (Å²) in [6.07, 6.45) is 1.69. The third-order valence-electron chi connectivity index (χ3n) is 5.70. The first kappa shape index (κ1) is 17.3. The van der Waals surface area contributed by atoms with Crippen molar-refractivity contribution in [3.63, 3.8) is 0 Å². The summed E-state index contributed by atoms with van der Waals surface area (Å²) in [5, 5.41) is 4.42. The number of fused-ring (bicyclic) bond motifs is 4. The van der Waals surface area contributed by atoms with Crippen LogP contribution in [0, 0.1) is 0 Å². The fourth-order valence-corrected chi connectivity index (χ4v) is 4.59. The lowest BCUT2D eigenvalue weighted by Gasteiger charge is -2.23. The molecule has 4 heteroatoms. The SMILES string of the molecule is ClN1C=c2ccccc2=NC1c1ccc2c(c1)c1ccccc1n2-c1ccccc1. The zero-order valence-electron chi connectivity index (χ0n) is 16.1. The van der Waals surface area contributed by atoms with E-state index in [-0.39, 0.29) is 6.17 Å². The molecule has 1 atom stereocenters. The predicted molar refractivity (Wildman–Crippen MR) is 123 cm³/mol.